The lowest BCUT2D eigenvalue weighted by Crippen LogP contribution is -2.41. The molecule has 1 saturated carbocycles. The Labute approximate surface area is 108 Å². The summed E-state index contributed by atoms with van der Waals surface area (Å²) in [7, 11) is 0. The van der Waals surface area contributed by atoms with Gasteiger partial charge in [-0.05, 0) is 31.7 Å². The topological polar surface area (TPSA) is 89.4 Å². The van der Waals surface area contributed by atoms with Gasteiger partial charge in [-0.2, -0.15) is 0 Å². The number of hydrogen-bond donors (Lipinski definition) is 2. The lowest BCUT2D eigenvalue weighted by molar-refractivity contribution is -0.137. The first-order chi connectivity index (χ1) is 8.63. The zero-order valence-corrected chi connectivity index (χ0v) is 10.8. The van der Waals surface area contributed by atoms with Crippen LogP contribution in [0, 0.1) is 17.8 Å². The average molecular weight is 253 g/mol. The van der Waals surface area contributed by atoms with Crippen LogP contribution in [0.15, 0.2) is 0 Å². The zero-order chi connectivity index (χ0) is 13.1. The molecule has 1 aliphatic heterocycles. The fourth-order valence-corrected chi connectivity index (χ4v) is 3.24. The average Bonchev–Trinajstić information content (AvgIpc) is 2.87. The first-order valence-electron chi connectivity index (χ1n) is 6.91. The summed E-state index contributed by atoms with van der Waals surface area (Å²) in [6, 6.07) is 0. The van der Waals surface area contributed by atoms with Crippen molar-refractivity contribution < 1.29 is 9.59 Å². The van der Waals surface area contributed by atoms with E-state index in [0.29, 0.717) is 32.0 Å². The van der Waals surface area contributed by atoms with E-state index < -0.39 is 0 Å². The Morgan fingerprint density at radius 1 is 1.17 bits per heavy atom. The summed E-state index contributed by atoms with van der Waals surface area (Å²) in [6.07, 6.45) is 5.00. The number of hydrogen-bond acceptors (Lipinski definition) is 3. The highest BCUT2D eigenvalue weighted by Crippen LogP contribution is 2.32. The molecule has 0 aromatic rings. The van der Waals surface area contributed by atoms with E-state index in [1.807, 2.05) is 4.90 Å². The van der Waals surface area contributed by atoms with Gasteiger partial charge in [0.15, 0.2) is 0 Å². The van der Waals surface area contributed by atoms with Gasteiger partial charge in [0, 0.05) is 19.0 Å². The first-order valence-corrected chi connectivity index (χ1v) is 6.91. The SMILES string of the molecule is NCC1CCCCC1C(=O)N1CCC(C(N)=O)C1. The Morgan fingerprint density at radius 2 is 1.89 bits per heavy atom. The monoisotopic (exact) mass is 253 g/mol. The number of nitrogens with two attached hydrogens (primary N) is 2. The molecule has 2 amide bonds. The van der Waals surface area contributed by atoms with E-state index in [1.165, 1.54) is 6.42 Å². The second-order valence-electron chi connectivity index (χ2n) is 5.56. The third-order valence-electron chi connectivity index (χ3n) is 4.43. The molecule has 4 N–H and O–H groups in total. The van der Waals surface area contributed by atoms with E-state index in [1.54, 1.807) is 0 Å². The van der Waals surface area contributed by atoms with Gasteiger partial charge in [-0.15, -0.1) is 0 Å². The maximum Gasteiger partial charge on any atom is 0.226 e. The molecule has 18 heavy (non-hydrogen) atoms. The summed E-state index contributed by atoms with van der Waals surface area (Å²) in [4.78, 5) is 25.4. The molecule has 3 unspecified atom stereocenters. The van der Waals surface area contributed by atoms with Gasteiger partial charge in [0.1, 0.15) is 0 Å². The van der Waals surface area contributed by atoms with Crippen molar-refractivity contribution in [3.63, 3.8) is 0 Å². The molecule has 1 saturated heterocycles. The Balaban J connectivity index is 1.96. The number of likely N-dealkylation sites (tertiary alicyclic amines) is 1. The van der Waals surface area contributed by atoms with Crippen molar-refractivity contribution in [1.29, 1.82) is 0 Å². The van der Waals surface area contributed by atoms with Crippen molar-refractivity contribution in [2.75, 3.05) is 19.6 Å². The fraction of sp³-hybridized carbons (Fsp3) is 0.846. The van der Waals surface area contributed by atoms with Crippen LogP contribution in [0.5, 0.6) is 0 Å². The predicted molar refractivity (Wildman–Crippen MR) is 68.4 cm³/mol. The van der Waals surface area contributed by atoms with Crippen molar-refractivity contribution in [3.8, 4) is 0 Å². The lowest BCUT2D eigenvalue weighted by atomic mass is 9.78. The van der Waals surface area contributed by atoms with E-state index in [-0.39, 0.29) is 23.7 Å². The molecular weight excluding hydrogens is 230 g/mol. The molecule has 1 aliphatic carbocycles. The third-order valence-corrected chi connectivity index (χ3v) is 4.43. The molecule has 0 aromatic heterocycles. The Hall–Kier alpha value is -1.10. The summed E-state index contributed by atoms with van der Waals surface area (Å²) >= 11 is 0. The summed E-state index contributed by atoms with van der Waals surface area (Å²) in [6.45, 7) is 1.76. The molecule has 2 rings (SSSR count). The number of carbonyl (C=O) groups is 2. The van der Waals surface area contributed by atoms with Crippen LogP contribution >= 0.6 is 0 Å². The molecular formula is C13H23N3O2. The number of rotatable bonds is 3. The van der Waals surface area contributed by atoms with Crippen molar-refractivity contribution in [2.45, 2.75) is 32.1 Å². The molecule has 0 radical (unpaired) electrons. The quantitative estimate of drug-likeness (QED) is 0.746. The molecule has 0 aromatic carbocycles. The van der Waals surface area contributed by atoms with Gasteiger partial charge in [0.25, 0.3) is 0 Å². The zero-order valence-electron chi connectivity index (χ0n) is 10.8. The first kappa shape index (κ1) is 13.3. The summed E-state index contributed by atoms with van der Waals surface area (Å²) in [5, 5.41) is 0. The van der Waals surface area contributed by atoms with Crippen LogP contribution in [0.25, 0.3) is 0 Å². The van der Waals surface area contributed by atoms with Crippen molar-refractivity contribution in [1.82, 2.24) is 4.90 Å². The number of primary amides is 1. The number of carbonyl (C=O) groups excluding carboxylic acids is 2. The minimum absolute atomic E-state index is 0.0652. The van der Waals surface area contributed by atoms with Crippen molar-refractivity contribution >= 4 is 11.8 Å². The Bertz CT molecular complexity index is 332. The molecule has 0 bridgehead atoms. The van der Waals surface area contributed by atoms with Gasteiger partial charge in [0.2, 0.25) is 11.8 Å². The molecule has 3 atom stereocenters. The van der Waals surface area contributed by atoms with Gasteiger partial charge in [-0.1, -0.05) is 12.8 Å². The molecule has 2 fully saturated rings. The van der Waals surface area contributed by atoms with Gasteiger partial charge >= 0.3 is 0 Å². The Morgan fingerprint density at radius 3 is 2.50 bits per heavy atom. The maximum absolute atomic E-state index is 12.5. The molecule has 5 heteroatoms. The van der Waals surface area contributed by atoms with Crippen molar-refractivity contribution in [2.24, 2.45) is 29.2 Å². The van der Waals surface area contributed by atoms with Crippen LogP contribution in [0.4, 0.5) is 0 Å². The number of nitrogens with zero attached hydrogens (tertiary/aromatic N) is 1. The maximum atomic E-state index is 12.5. The van der Waals surface area contributed by atoms with Crippen LogP contribution < -0.4 is 11.5 Å². The second-order valence-corrected chi connectivity index (χ2v) is 5.56. The standard InChI is InChI=1S/C13H23N3O2/c14-7-9-3-1-2-4-11(9)13(18)16-6-5-10(8-16)12(15)17/h9-11H,1-8,14H2,(H2,15,17). The summed E-state index contributed by atoms with van der Waals surface area (Å²) < 4.78 is 0. The minimum atomic E-state index is -0.288. The fourth-order valence-electron chi connectivity index (χ4n) is 3.24. The highest BCUT2D eigenvalue weighted by atomic mass is 16.2. The van der Waals surface area contributed by atoms with Crippen LogP contribution in [-0.4, -0.2) is 36.3 Å². The van der Waals surface area contributed by atoms with E-state index in [0.717, 1.165) is 19.3 Å². The van der Waals surface area contributed by atoms with Crippen LogP contribution in [0.1, 0.15) is 32.1 Å². The molecule has 5 nitrogen and oxygen atoms in total. The minimum Gasteiger partial charge on any atom is -0.369 e. The van der Waals surface area contributed by atoms with E-state index >= 15 is 0 Å². The Kier molecular flexibility index (Phi) is 4.22. The molecule has 1 heterocycles. The molecule has 102 valence electrons. The van der Waals surface area contributed by atoms with Crippen LogP contribution in [-0.2, 0) is 9.59 Å². The largest absolute Gasteiger partial charge is 0.369 e. The highest BCUT2D eigenvalue weighted by Gasteiger charge is 2.36. The van der Waals surface area contributed by atoms with Gasteiger partial charge in [-0.3, -0.25) is 9.59 Å². The van der Waals surface area contributed by atoms with Crippen LogP contribution in [0.3, 0.4) is 0 Å². The predicted octanol–water partition coefficient (Wildman–Crippen LogP) is 0.0853. The molecule has 2 aliphatic rings. The van der Waals surface area contributed by atoms with E-state index in [9.17, 15) is 9.59 Å². The van der Waals surface area contributed by atoms with Gasteiger partial charge in [-0.25, -0.2) is 0 Å². The van der Waals surface area contributed by atoms with Crippen molar-refractivity contribution in [3.05, 3.63) is 0 Å². The molecule has 0 spiro atoms. The second kappa shape index (κ2) is 5.69. The third kappa shape index (κ3) is 2.66. The smallest absolute Gasteiger partial charge is 0.226 e. The lowest BCUT2D eigenvalue weighted by Gasteiger charge is -2.32. The summed E-state index contributed by atoms with van der Waals surface area (Å²) in [5.74, 6) is 0.126. The van der Waals surface area contributed by atoms with Crippen LogP contribution in [0.2, 0.25) is 0 Å². The van der Waals surface area contributed by atoms with E-state index in [4.69, 9.17) is 11.5 Å². The van der Waals surface area contributed by atoms with Gasteiger partial charge in [0.05, 0.1) is 5.92 Å². The number of amides is 2. The normalized spacial score (nSPS) is 32.5. The summed E-state index contributed by atoms with van der Waals surface area (Å²) in [5.41, 5.74) is 11.1. The van der Waals surface area contributed by atoms with Gasteiger partial charge < -0.3 is 16.4 Å². The van der Waals surface area contributed by atoms with E-state index in [2.05, 4.69) is 0 Å². The highest BCUT2D eigenvalue weighted by molar-refractivity contribution is 5.82.